The molecule has 0 aliphatic carbocycles. The zero-order chi connectivity index (χ0) is 15.3. The molecule has 2 amide bonds. The Bertz CT molecular complexity index is 489. The maximum atomic E-state index is 12.2. The van der Waals surface area contributed by atoms with Gasteiger partial charge in [-0.3, -0.25) is 9.59 Å². The van der Waals surface area contributed by atoms with Crippen LogP contribution in [0.4, 0.5) is 0 Å². The lowest BCUT2D eigenvalue weighted by Crippen LogP contribution is -2.49. The van der Waals surface area contributed by atoms with E-state index in [0.29, 0.717) is 5.02 Å². The van der Waals surface area contributed by atoms with Crippen molar-refractivity contribution in [2.75, 3.05) is 0 Å². The third-order valence-electron chi connectivity index (χ3n) is 3.04. The van der Waals surface area contributed by atoms with E-state index in [-0.39, 0.29) is 23.8 Å². The molecule has 0 aromatic heterocycles. The highest BCUT2D eigenvalue weighted by atomic mass is 35.5. The molecular formula is C15H21ClN2O2. The van der Waals surface area contributed by atoms with Crippen molar-refractivity contribution < 1.29 is 9.59 Å². The van der Waals surface area contributed by atoms with Crippen LogP contribution in [0, 0.1) is 5.92 Å². The number of hydrogen-bond acceptors (Lipinski definition) is 2. The van der Waals surface area contributed by atoms with E-state index in [1.54, 1.807) is 6.07 Å². The predicted molar refractivity (Wildman–Crippen MR) is 80.5 cm³/mol. The van der Waals surface area contributed by atoms with Crippen molar-refractivity contribution in [3.8, 4) is 0 Å². The molecule has 0 saturated carbocycles. The highest BCUT2D eigenvalue weighted by Gasteiger charge is 2.24. The summed E-state index contributed by atoms with van der Waals surface area (Å²) in [6, 6.07) is 6.61. The van der Waals surface area contributed by atoms with Gasteiger partial charge in [0.2, 0.25) is 11.8 Å². The number of hydrogen-bond donors (Lipinski definition) is 2. The Morgan fingerprint density at radius 1 is 1.10 bits per heavy atom. The van der Waals surface area contributed by atoms with Crippen molar-refractivity contribution in [1.82, 2.24) is 10.6 Å². The lowest BCUT2D eigenvalue weighted by Gasteiger charge is -2.24. The molecule has 110 valence electrons. The lowest BCUT2D eigenvalue weighted by atomic mass is 10.0. The Hall–Kier alpha value is -1.55. The number of benzene rings is 1. The van der Waals surface area contributed by atoms with Gasteiger partial charge in [-0.1, -0.05) is 43.6 Å². The molecule has 0 unspecified atom stereocenters. The topological polar surface area (TPSA) is 58.2 Å². The third-order valence-corrected chi connectivity index (χ3v) is 3.38. The minimum Gasteiger partial charge on any atom is -0.348 e. The largest absolute Gasteiger partial charge is 0.348 e. The highest BCUT2D eigenvalue weighted by molar-refractivity contribution is 6.31. The molecule has 2 N–H and O–H groups in total. The molecule has 2 atom stereocenters. The van der Waals surface area contributed by atoms with Gasteiger partial charge in [0.05, 0.1) is 6.04 Å². The molecule has 20 heavy (non-hydrogen) atoms. The summed E-state index contributed by atoms with van der Waals surface area (Å²) in [6.07, 6.45) is 0. The Kier molecular flexibility index (Phi) is 6.02. The predicted octanol–water partition coefficient (Wildman–Crippen LogP) is 2.68. The minimum absolute atomic E-state index is 0.0114. The van der Waals surface area contributed by atoms with Crippen LogP contribution in [-0.2, 0) is 9.59 Å². The van der Waals surface area contributed by atoms with Crippen molar-refractivity contribution in [2.45, 2.75) is 39.8 Å². The van der Waals surface area contributed by atoms with Gasteiger partial charge in [0.1, 0.15) is 6.04 Å². The summed E-state index contributed by atoms with van der Waals surface area (Å²) in [4.78, 5) is 23.4. The summed E-state index contributed by atoms with van der Waals surface area (Å²) in [5, 5.41) is 6.16. The van der Waals surface area contributed by atoms with Gasteiger partial charge < -0.3 is 10.6 Å². The molecule has 0 bridgehead atoms. The van der Waals surface area contributed by atoms with Crippen LogP contribution in [0.1, 0.15) is 39.3 Å². The van der Waals surface area contributed by atoms with E-state index in [1.807, 2.05) is 39.0 Å². The Balaban J connectivity index is 2.78. The normalized spacial score (nSPS) is 13.7. The van der Waals surface area contributed by atoms with Gasteiger partial charge in [-0.15, -0.1) is 0 Å². The second-order valence-corrected chi connectivity index (χ2v) is 5.58. The average molecular weight is 297 g/mol. The van der Waals surface area contributed by atoms with Crippen molar-refractivity contribution in [3.63, 3.8) is 0 Å². The molecule has 5 heteroatoms. The molecule has 0 spiro atoms. The van der Waals surface area contributed by atoms with Crippen LogP contribution in [0.2, 0.25) is 5.02 Å². The summed E-state index contributed by atoms with van der Waals surface area (Å²) in [5.74, 6) is -0.413. The number of nitrogens with one attached hydrogen (secondary N) is 2. The number of amides is 2. The summed E-state index contributed by atoms with van der Waals surface area (Å²) >= 11 is 6.11. The molecule has 4 nitrogen and oxygen atoms in total. The number of halogens is 1. The Morgan fingerprint density at radius 3 is 2.20 bits per heavy atom. The molecule has 0 aliphatic heterocycles. The van der Waals surface area contributed by atoms with Gasteiger partial charge in [0.25, 0.3) is 0 Å². The van der Waals surface area contributed by atoms with Crippen LogP contribution >= 0.6 is 11.6 Å². The summed E-state index contributed by atoms with van der Waals surface area (Å²) < 4.78 is 0. The maximum Gasteiger partial charge on any atom is 0.243 e. The van der Waals surface area contributed by atoms with Gasteiger partial charge in [-0.2, -0.15) is 0 Å². The molecule has 1 rings (SSSR count). The van der Waals surface area contributed by atoms with Crippen LogP contribution in [0.5, 0.6) is 0 Å². The van der Waals surface area contributed by atoms with E-state index in [4.69, 9.17) is 11.6 Å². The quantitative estimate of drug-likeness (QED) is 0.877. The second kappa shape index (κ2) is 7.29. The van der Waals surface area contributed by atoms with Gasteiger partial charge >= 0.3 is 0 Å². The number of carbonyl (C=O) groups excluding carboxylic acids is 2. The van der Waals surface area contributed by atoms with E-state index in [0.717, 1.165) is 5.56 Å². The molecule has 1 aromatic rings. The zero-order valence-electron chi connectivity index (χ0n) is 12.2. The Morgan fingerprint density at radius 2 is 1.70 bits per heavy atom. The van der Waals surface area contributed by atoms with Gasteiger partial charge in [-0.25, -0.2) is 0 Å². The molecule has 0 fully saturated rings. The van der Waals surface area contributed by atoms with Crippen molar-refractivity contribution in [3.05, 3.63) is 34.9 Å². The average Bonchev–Trinajstić information content (AvgIpc) is 2.35. The van der Waals surface area contributed by atoms with Crippen molar-refractivity contribution >= 4 is 23.4 Å². The third kappa shape index (κ3) is 4.53. The summed E-state index contributed by atoms with van der Waals surface area (Å²) in [6.45, 7) is 7.05. The van der Waals surface area contributed by atoms with Crippen LogP contribution in [0.3, 0.4) is 0 Å². The zero-order valence-corrected chi connectivity index (χ0v) is 13.0. The minimum atomic E-state index is -0.544. The SMILES string of the molecule is CC(=O)N[C@H](C(=O)N[C@@H](C)c1ccccc1Cl)C(C)C. The van der Waals surface area contributed by atoms with E-state index in [2.05, 4.69) is 10.6 Å². The van der Waals surface area contributed by atoms with E-state index in [1.165, 1.54) is 6.92 Å². The Labute approximate surface area is 124 Å². The fourth-order valence-electron chi connectivity index (χ4n) is 1.96. The fourth-order valence-corrected chi connectivity index (χ4v) is 2.26. The van der Waals surface area contributed by atoms with E-state index >= 15 is 0 Å². The molecule has 1 aromatic carbocycles. The van der Waals surface area contributed by atoms with Gasteiger partial charge in [0.15, 0.2) is 0 Å². The van der Waals surface area contributed by atoms with Crippen LogP contribution in [0.25, 0.3) is 0 Å². The van der Waals surface area contributed by atoms with E-state index in [9.17, 15) is 9.59 Å². The first-order valence-corrected chi connectivity index (χ1v) is 7.02. The first-order valence-electron chi connectivity index (χ1n) is 6.64. The standard InChI is InChI=1S/C15H21ClN2O2/c1-9(2)14(18-11(4)19)15(20)17-10(3)12-7-5-6-8-13(12)16/h5-10,14H,1-4H3,(H,17,20)(H,18,19)/t10-,14-/m0/s1. The lowest BCUT2D eigenvalue weighted by molar-refractivity contribution is -0.129. The molecule has 0 radical (unpaired) electrons. The van der Waals surface area contributed by atoms with Gasteiger partial charge in [0, 0.05) is 11.9 Å². The molecule has 0 saturated heterocycles. The van der Waals surface area contributed by atoms with Crippen LogP contribution < -0.4 is 10.6 Å². The highest BCUT2D eigenvalue weighted by Crippen LogP contribution is 2.22. The smallest absolute Gasteiger partial charge is 0.243 e. The van der Waals surface area contributed by atoms with Crippen molar-refractivity contribution in [1.29, 1.82) is 0 Å². The number of carbonyl (C=O) groups is 2. The summed E-state index contributed by atoms with van der Waals surface area (Å²) in [7, 11) is 0. The van der Waals surface area contributed by atoms with E-state index < -0.39 is 6.04 Å². The molecular weight excluding hydrogens is 276 g/mol. The number of rotatable bonds is 5. The molecule has 0 aliphatic rings. The first-order chi connectivity index (χ1) is 9.32. The van der Waals surface area contributed by atoms with Crippen LogP contribution in [-0.4, -0.2) is 17.9 Å². The fraction of sp³-hybridized carbons (Fsp3) is 0.467. The molecule has 0 heterocycles. The van der Waals surface area contributed by atoms with Crippen molar-refractivity contribution in [2.24, 2.45) is 5.92 Å². The van der Waals surface area contributed by atoms with Gasteiger partial charge in [-0.05, 0) is 24.5 Å². The maximum absolute atomic E-state index is 12.2. The second-order valence-electron chi connectivity index (χ2n) is 5.17. The first kappa shape index (κ1) is 16.5. The monoisotopic (exact) mass is 296 g/mol. The van der Waals surface area contributed by atoms with Crippen LogP contribution in [0.15, 0.2) is 24.3 Å². The summed E-state index contributed by atoms with van der Waals surface area (Å²) in [5.41, 5.74) is 0.854.